The molecule has 0 atom stereocenters. The van der Waals surface area contributed by atoms with Crippen LogP contribution >= 0.6 is 0 Å². The maximum atomic E-state index is 12.9. The number of ketones is 4. The maximum absolute atomic E-state index is 12.9. The standard InChI is InChI=1S/C31H37O4/c1-30(2,3)22-12-20(14-24(32)28(22)34)27(21-13-23(31(4,5)6)29(35)25(33)15-21)26-18-8-16-7-17(10-18)11-19(26)9-16/h12-19,26H,7-11H2,1-6H3/q+1. The molecule has 0 aromatic heterocycles. The van der Waals surface area contributed by atoms with Gasteiger partial charge >= 0.3 is 11.6 Å². The highest BCUT2D eigenvalue weighted by atomic mass is 16.2. The summed E-state index contributed by atoms with van der Waals surface area (Å²) in [4.78, 5) is 51.5. The Hall–Kier alpha value is -2.49. The second-order valence-electron chi connectivity index (χ2n) is 13.6. The average molecular weight is 474 g/mol. The van der Waals surface area contributed by atoms with E-state index in [1.165, 1.54) is 44.6 Å². The minimum absolute atomic E-state index is 0.234. The second-order valence-corrected chi connectivity index (χ2v) is 13.6. The van der Waals surface area contributed by atoms with Crippen LogP contribution in [0.25, 0.3) is 0 Å². The van der Waals surface area contributed by atoms with Crippen molar-refractivity contribution in [3.8, 4) is 0 Å². The van der Waals surface area contributed by atoms with E-state index >= 15 is 0 Å². The van der Waals surface area contributed by atoms with Gasteiger partial charge in [0.15, 0.2) is 0 Å². The molecule has 6 aliphatic carbocycles. The van der Waals surface area contributed by atoms with Gasteiger partial charge in [0.05, 0.1) is 12.0 Å². The molecule has 4 bridgehead atoms. The van der Waals surface area contributed by atoms with Crippen molar-refractivity contribution >= 4 is 23.1 Å². The Morgan fingerprint density at radius 2 is 1.23 bits per heavy atom. The summed E-state index contributed by atoms with van der Waals surface area (Å²) in [6.07, 6.45) is 12.9. The Balaban J connectivity index is 1.73. The molecule has 0 aromatic carbocycles. The van der Waals surface area contributed by atoms with Crippen LogP contribution in [0.4, 0.5) is 0 Å². The predicted molar refractivity (Wildman–Crippen MR) is 135 cm³/mol. The summed E-state index contributed by atoms with van der Waals surface area (Å²) >= 11 is 0. The third kappa shape index (κ3) is 4.13. The summed E-state index contributed by atoms with van der Waals surface area (Å²) in [6, 6.07) is 0. The van der Waals surface area contributed by atoms with Gasteiger partial charge in [-0.3, -0.25) is 14.4 Å². The van der Waals surface area contributed by atoms with Gasteiger partial charge < -0.3 is 0 Å². The van der Waals surface area contributed by atoms with E-state index in [2.05, 4.69) is 0 Å². The van der Waals surface area contributed by atoms with Crippen LogP contribution in [0.5, 0.6) is 0 Å². The molecular formula is C31H37O4+. The van der Waals surface area contributed by atoms with Crippen molar-refractivity contribution in [1.82, 2.24) is 0 Å². The molecule has 0 amide bonds. The molecule has 0 heterocycles. The summed E-state index contributed by atoms with van der Waals surface area (Å²) in [6.45, 7) is 11.7. The Labute approximate surface area is 209 Å². The Morgan fingerprint density at radius 3 is 1.74 bits per heavy atom. The van der Waals surface area contributed by atoms with Gasteiger partial charge in [-0.25, -0.2) is 4.79 Å². The van der Waals surface area contributed by atoms with Gasteiger partial charge in [-0.15, -0.1) is 0 Å². The molecule has 0 N–H and O–H groups in total. The van der Waals surface area contributed by atoms with Crippen molar-refractivity contribution in [1.29, 1.82) is 0 Å². The smallest absolute Gasteiger partial charge is 0.286 e. The molecule has 6 rings (SSSR count). The second kappa shape index (κ2) is 8.01. The zero-order valence-corrected chi connectivity index (χ0v) is 21.9. The zero-order valence-electron chi connectivity index (χ0n) is 21.9. The number of Topliss-reactive ketones (excluding diaryl/α,β-unsaturated/α-hetero) is 3. The molecular weight excluding hydrogens is 436 g/mol. The lowest BCUT2D eigenvalue weighted by atomic mass is 9.49. The van der Waals surface area contributed by atoms with Crippen LogP contribution in [0.2, 0.25) is 0 Å². The fraction of sp³-hybridized carbons (Fsp3) is 0.581. The van der Waals surface area contributed by atoms with E-state index in [1.807, 2.05) is 53.7 Å². The number of hydrogen-bond donors (Lipinski definition) is 0. The third-order valence-electron chi connectivity index (χ3n) is 8.91. The summed E-state index contributed by atoms with van der Waals surface area (Å²) in [5.41, 5.74) is 2.61. The quantitative estimate of drug-likeness (QED) is 0.292. The van der Waals surface area contributed by atoms with Gasteiger partial charge in [0.2, 0.25) is 11.6 Å². The summed E-state index contributed by atoms with van der Waals surface area (Å²) in [7, 11) is 0. The average Bonchev–Trinajstić information content (AvgIpc) is 2.72. The monoisotopic (exact) mass is 473 g/mol. The SMILES string of the molecule is CC(C)(C)C1=CC(C(=C2C=C(C(C)(C)C)C(=O)C(=O)[CH+]2)C2C3CC4CC(C3)CC2C4)=CC(=O)C1=O. The molecule has 4 fully saturated rings. The van der Waals surface area contributed by atoms with Crippen molar-refractivity contribution in [2.24, 2.45) is 40.4 Å². The van der Waals surface area contributed by atoms with Crippen LogP contribution < -0.4 is 0 Å². The minimum Gasteiger partial charge on any atom is -0.286 e. The van der Waals surface area contributed by atoms with Gasteiger partial charge in [-0.05, 0) is 67.3 Å². The molecule has 0 aromatic rings. The van der Waals surface area contributed by atoms with Crippen molar-refractivity contribution in [2.45, 2.75) is 73.6 Å². The number of rotatable bonds is 2. The van der Waals surface area contributed by atoms with E-state index < -0.39 is 34.0 Å². The van der Waals surface area contributed by atoms with Crippen molar-refractivity contribution in [2.75, 3.05) is 0 Å². The zero-order chi connectivity index (χ0) is 25.4. The summed E-state index contributed by atoms with van der Waals surface area (Å²) < 4.78 is 0. The summed E-state index contributed by atoms with van der Waals surface area (Å²) in [5.74, 6) is 0.952. The summed E-state index contributed by atoms with van der Waals surface area (Å²) in [5, 5.41) is 0. The molecule has 4 saturated carbocycles. The molecule has 184 valence electrons. The first kappa shape index (κ1) is 24.2. The lowest BCUT2D eigenvalue weighted by Gasteiger charge is -2.54. The molecule has 0 saturated heterocycles. The van der Waals surface area contributed by atoms with Gasteiger partial charge in [0.1, 0.15) is 5.57 Å². The normalized spacial score (nSPS) is 34.5. The first-order chi connectivity index (χ1) is 16.2. The molecule has 0 aliphatic heterocycles. The Bertz CT molecular complexity index is 1130. The molecule has 0 unspecified atom stereocenters. The molecule has 4 nitrogen and oxygen atoms in total. The van der Waals surface area contributed by atoms with Crippen molar-refractivity contribution in [3.05, 3.63) is 52.5 Å². The van der Waals surface area contributed by atoms with Crippen LogP contribution in [0.3, 0.4) is 0 Å². The van der Waals surface area contributed by atoms with E-state index in [9.17, 15) is 19.2 Å². The highest BCUT2D eigenvalue weighted by Gasteiger charge is 2.53. The van der Waals surface area contributed by atoms with Crippen LogP contribution in [0.15, 0.2) is 46.1 Å². The van der Waals surface area contributed by atoms with Crippen molar-refractivity contribution in [3.63, 3.8) is 0 Å². The Morgan fingerprint density at radius 1 is 0.714 bits per heavy atom. The lowest BCUT2D eigenvalue weighted by molar-refractivity contribution is -0.133. The van der Waals surface area contributed by atoms with Gasteiger partial charge in [0.25, 0.3) is 0 Å². The topological polar surface area (TPSA) is 68.3 Å². The van der Waals surface area contributed by atoms with Crippen LogP contribution in [-0.4, -0.2) is 23.1 Å². The maximum Gasteiger partial charge on any atom is 0.311 e. The van der Waals surface area contributed by atoms with Crippen LogP contribution in [-0.2, 0) is 19.2 Å². The van der Waals surface area contributed by atoms with Crippen LogP contribution in [0.1, 0.15) is 73.6 Å². The molecule has 35 heavy (non-hydrogen) atoms. The fourth-order valence-electron chi connectivity index (χ4n) is 7.58. The number of carbonyl (C=O) groups excluding carboxylic acids is 4. The molecule has 6 aliphatic rings. The third-order valence-corrected chi connectivity index (χ3v) is 8.91. The molecule has 0 radical (unpaired) electrons. The number of hydrogen-bond acceptors (Lipinski definition) is 4. The first-order valence-electron chi connectivity index (χ1n) is 13.2. The lowest BCUT2D eigenvalue weighted by Crippen LogP contribution is -2.46. The minimum atomic E-state index is -0.493. The van der Waals surface area contributed by atoms with Gasteiger partial charge in [-0.1, -0.05) is 41.5 Å². The highest BCUT2D eigenvalue weighted by molar-refractivity contribution is 6.49. The van der Waals surface area contributed by atoms with Crippen molar-refractivity contribution < 1.29 is 19.2 Å². The van der Waals surface area contributed by atoms with Gasteiger partial charge in [-0.2, -0.15) is 0 Å². The largest absolute Gasteiger partial charge is 0.311 e. The predicted octanol–water partition coefficient (Wildman–Crippen LogP) is 5.73. The number of carbonyl (C=O) groups is 4. The van der Waals surface area contributed by atoms with Gasteiger partial charge in [0, 0.05) is 40.2 Å². The number of allylic oxidation sites excluding steroid dienone is 8. The van der Waals surface area contributed by atoms with E-state index in [-0.39, 0.29) is 5.92 Å². The van der Waals surface area contributed by atoms with E-state index in [4.69, 9.17) is 0 Å². The molecule has 0 spiro atoms. The van der Waals surface area contributed by atoms with E-state index in [0.717, 1.165) is 28.6 Å². The highest BCUT2D eigenvalue weighted by Crippen LogP contribution is 2.60. The first-order valence-corrected chi connectivity index (χ1v) is 13.2. The van der Waals surface area contributed by atoms with E-state index in [1.54, 1.807) is 0 Å². The Kier molecular flexibility index (Phi) is 5.54. The van der Waals surface area contributed by atoms with E-state index in [0.29, 0.717) is 23.0 Å². The molecule has 4 heteroatoms. The fourth-order valence-corrected chi connectivity index (χ4v) is 7.58. The van der Waals surface area contributed by atoms with Crippen LogP contribution in [0, 0.1) is 46.8 Å².